The Hall–Kier alpha value is -3.47. The fourth-order valence-electron chi connectivity index (χ4n) is 2.24. The second-order valence-corrected chi connectivity index (χ2v) is 5.45. The number of Topliss-reactive ketones (excluding diaryl/α,β-unsaturated/α-hetero) is 1. The molecule has 0 aromatic heterocycles. The van der Waals surface area contributed by atoms with Crippen LogP contribution in [0.15, 0.2) is 78.9 Å². The summed E-state index contributed by atoms with van der Waals surface area (Å²) in [5.74, 6) is -0.359. The Kier molecular flexibility index (Phi) is 5.39. The molecule has 0 aliphatic carbocycles. The van der Waals surface area contributed by atoms with E-state index in [-0.39, 0.29) is 11.1 Å². The van der Waals surface area contributed by atoms with Gasteiger partial charge in [-0.2, -0.15) is 0 Å². The van der Waals surface area contributed by atoms with Crippen molar-refractivity contribution in [2.45, 2.75) is 0 Å². The summed E-state index contributed by atoms with van der Waals surface area (Å²) in [6.07, 6.45) is 0. The SMILES string of the molecule is O=C(COC(=O)c1cccc(Oc2ccccc2)c1)c1ccc(F)cc1. The standard InChI is InChI=1S/C21H15FO4/c22-17-11-9-15(10-12-17)20(23)14-25-21(24)16-5-4-8-19(13-16)26-18-6-2-1-3-7-18/h1-13H,14H2. The number of esters is 1. The number of rotatable bonds is 6. The average Bonchev–Trinajstić information content (AvgIpc) is 2.67. The molecule has 3 aromatic carbocycles. The molecule has 0 bridgehead atoms. The smallest absolute Gasteiger partial charge is 0.338 e. The normalized spacial score (nSPS) is 10.2. The van der Waals surface area contributed by atoms with Gasteiger partial charge < -0.3 is 9.47 Å². The quantitative estimate of drug-likeness (QED) is 0.479. The van der Waals surface area contributed by atoms with Crippen LogP contribution in [-0.4, -0.2) is 18.4 Å². The van der Waals surface area contributed by atoms with Crippen molar-refractivity contribution >= 4 is 11.8 Å². The molecule has 26 heavy (non-hydrogen) atoms. The number of ether oxygens (including phenoxy) is 2. The van der Waals surface area contributed by atoms with Crippen molar-refractivity contribution in [3.8, 4) is 11.5 Å². The third-order valence-electron chi connectivity index (χ3n) is 3.55. The van der Waals surface area contributed by atoms with E-state index in [1.54, 1.807) is 30.3 Å². The molecule has 0 radical (unpaired) electrons. The topological polar surface area (TPSA) is 52.6 Å². The predicted molar refractivity (Wildman–Crippen MR) is 94.0 cm³/mol. The summed E-state index contributed by atoms with van der Waals surface area (Å²) in [5.41, 5.74) is 0.547. The van der Waals surface area contributed by atoms with E-state index < -0.39 is 24.2 Å². The van der Waals surface area contributed by atoms with E-state index in [9.17, 15) is 14.0 Å². The third kappa shape index (κ3) is 4.54. The van der Waals surface area contributed by atoms with E-state index in [4.69, 9.17) is 9.47 Å². The second kappa shape index (κ2) is 8.07. The first-order chi connectivity index (χ1) is 12.6. The van der Waals surface area contributed by atoms with Gasteiger partial charge >= 0.3 is 5.97 Å². The Balaban J connectivity index is 1.62. The molecule has 0 heterocycles. The molecule has 0 N–H and O–H groups in total. The Morgan fingerprint density at radius 2 is 1.46 bits per heavy atom. The zero-order chi connectivity index (χ0) is 18.4. The highest BCUT2D eigenvalue weighted by molar-refractivity contribution is 5.99. The van der Waals surface area contributed by atoms with Gasteiger partial charge in [0, 0.05) is 5.56 Å². The summed E-state index contributed by atoms with van der Waals surface area (Å²) < 4.78 is 23.6. The van der Waals surface area contributed by atoms with Crippen molar-refractivity contribution in [2.75, 3.05) is 6.61 Å². The minimum atomic E-state index is -0.640. The summed E-state index contributed by atoms with van der Waals surface area (Å²) in [7, 11) is 0. The molecule has 0 unspecified atom stereocenters. The van der Waals surface area contributed by atoms with Gasteiger partial charge in [0.1, 0.15) is 17.3 Å². The zero-order valence-electron chi connectivity index (χ0n) is 13.7. The fraction of sp³-hybridized carbons (Fsp3) is 0.0476. The molecule has 5 heteroatoms. The van der Waals surface area contributed by atoms with E-state index in [1.807, 2.05) is 18.2 Å². The van der Waals surface area contributed by atoms with Gasteiger partial charge in [0.15, 0.2) is 12.4 Å². The molecule has 0 aliphatic rings. The van der Waals surface area contributed by atoms with E-state index in [2.05, 4.69) is 0 Å². The van der Waals surface area contributed by atoms with Crippen molar-refractivity contribution in [3.05, 3.63) is 95.8 Å². The maximum atomic E-state index is 12.9. The first-order valence-electron chi connectivity index (χ1n) is 7.91. The van der Waals surface area contributed by atoms with Crippen molar-refractivity contribution in [1.29, 1.82) is 0 Å². The minimum Gasteiger partial charge on any atom is -0.457 e. The Morgan fingerprint density at radius 1 is 0.769 bits per heavy atom. The lowest BCUT2D eigenvalue weighted by molar-refractivity contribution is 0.0474. The van der Waals surface area contributed by atoms with Crippen LogP contribution in [0, 0.1) is 5.82 Å². The van der Waals surface area contributed by atoms with Crippen molar-refractivity contribution in [1.82, 2.24) is 0 Å². The highest BCUT2D eigenvalue weighted by Crippen LogP contribution is 2.22. The monoisotopic (exact) mass is 350 g/mol. The summed E-state index contributed by atoms with van der Waals surface area (Å²) in [5, 5.41) is 0. The van der Waals surface area contributed by atoms with Crippen molar-refractivity contribution < 1.29 is 23.5 Å². The van der Waals surface area contributed by atoms with Crippen LogP contribution in [0.5, 0.6) is 11.5 Å². The molecule has 0 saturated heterocycles. The van der Waals surface area contributed by atoms with Crippen molar-refractivity contribution in [3.63, 3.8) is 0 Å². The average molecular weight is 350 g/mol. The van der Waals surface area contributed by atoms with Crippen LogP contribution < -0.4 is 4.74 Å². The number of halogens is 1. The van der Waals surface area contributed by atoms with Gasteiger partial charge in [-0.1, -0.05) is 24.3 Å². The number of carbonyl (C=O) groups excluding carboxylic acids is 2. The Morgan fingerprint density at radius 3 is 2.19 bits per heavy atom. The molecule has 0 saturated carbocycles. The minimum absolute atomic E-state index is 0.269. The van der Waals surface area contributed by atoms with Crippen LogP contribution in [0.4, 0.5) is 4.39 Å². The summed E-state index contributed by atoms with van der Waals surface area (Å²) in [4.78, 5) is 24.1. The van der Waals surface area contributed by atoms with E-state index >= 15 is 0 Å². The van der Waals surface area contributed by atoms with Gasteiger partial charge in [-0.25, -0.2) is 9.18 Å². The summed E-state index contributed by atoms with van der Waals surface area (Å²) in [6.45, 7) is -0.422. The van der Waals surface area contributed by atoms with Gasteiger partial charge in [0.25, 0.3) is 0 Å². The molecule has 0 spiro atoms. The molecule has 0 fully saturated rings. The molecule has 130 valence electrons. The second-order valence-electron chi connectivity index (χ2n) is 5.45. The van der Waals surface area contributed by atoms with Gasteiger partial charge in [-0.3, -0.25) is 4.79 Å². The molecule has 0 atom stereocenters. The maximum absolute atomic E-state index is 12.9. The molecule has 0 aliphatic heterocycles. The predicted octanol–water partition coefficient (Wildman–Crippen LogP) is 4.66. The lowest BCUT2D eigenvalue weighted by Gasteiger charge is -2.08. The molecule has 3 aromatic rings. The summed E-state index contributed by atoms with van der Waals surface area (Å²) >= 11 is 0. The lowest BCUT2D eigenvalue weighted by Crippen LogP contribution is -2.14. The molecule has 3 rings (SSSR count). The first-order valence-corrected chi connectivity index (χ1v) is 7.91. The first kappa shape index (κ1) is 17.4. The number of hydrogen-bond acceptors (Lipinski definition) is 4. The molecular formula is C21H15FO4. The largest absolute Gasteiger partial charge is 0.457 e. The fourth-order valence-corrected chi connectivity index (χ4v) is 2.24. The van der Waals surface area contributed by atoms with E-state index in [1.165, 1.54) is 30.3 Å². The number of ketones is 1. The van der Waals surface area contributed by atoms with Crippen LogP contribution in [0.3, 0.4) is 0 Å². The Bertz CT molecular complexity index is 905. The van der Waals surface area contributed by atoms with Crippen LogP contribution in [-0.2, 0) is 4.74 Å². The zero-order valence-corrected chi connectivity index (χ0v) is 13.7. The van der Waals surface area contributed by atoms with Crippen LogP contribution in [0.25, 0.3) is 0 Å². The number of carbonyl (C=O) groups is 2. The third-order valence-corrected chi connectivity index (χ3v) is 3.55. The van der Waals surface area contributed by atoms with Crippen LogP contribution in [0.1, 0.15) is 20.7 Å². The molecular weight excluding hydrogens is 335 g/mol. The van der Waals surface area contributed by atoms with E-state index in [0.717, 1.165) is 0 Å². The number of benzene rings is 3. The highest BCUT2D eigenvalue weighted by Gasteiger charge is 2.13. The molecule has 4 nitrogen and oxygen atoms in total. The highest BCUT2D eigenvalue weighted by atomic mass is 19.1. The van der Waals surface area contributed by atoms with E-state index in [0.29, 0.717) is 11.5 Å². The summed E-state index contributed by atoms with van der Waals surface area (Å²) in [6, 6.07) is 20.7. The Labute approximate surface area is 149 Å². The van der Waals surface area contributed by atoms with Gasteiger partial charge in [-0.15, -0.1) is 0 Å². The van der Waals surface area contributed by atoms with Gasteiger partial charge in [0.2, 0.25) is 0 Å². The van der Waals surface area contributed by atoms with Gasteiger partial charge in [-0.05, 0) is 54.6 Å². The van der Waals surface area contributed by atoms with Gasteiger partial charge in [0.05, 0.1) is 5.56 Å². The van der Waals surface area contributed by atoms with Crippen LogP contribution >= 0.6 is 0 Å². The lowest BCUT2D eigenvalue weighted by atomic mass is 10.1. The van der Waals surface area contributed by atoms with Crippen LogP contribution in [0.2, 0.25) is 0 Å². The number of hydrogen-bond donors (Lipinski definition) is 0. The molecule has 0 amide bonds. The number of para-hydroxylation sites is 1. The van der Waals surface area contributed by atoms with Crippen molar-refractivity contribution in [2.24, 2.45) is 0 Å². The maximum Gasteiger partial charge on any atom is 0.338 e.